The number of hydrogen-bond acceptors (Lipinski definition) is 3. The molecule has 0 aliphatic heterocycles. The maximum atomic E-state index is 5.65. The molecular weight excluding hydrogens is 294 g/mol. The lowest BCUT2D eigenvalue weighted by Gasteiger charge is -2.06. The molecule has 2 aromatic heterocycles. The molecule has 0 amide bonds. The zero-order valence-electron chi connectivity index (χ0n) is 13.7. The highest BCUT2D eigenvalue weighted by Crippen LogP contribution is 2.17. The van der Waals surface area contributed by atoms with Crippen molar-refractivity contribution >= 4 is 0 Å². The van der Waals surface area contributed by atoms with E-state index >= 15 is 0 Å². The highest BCUT2D eigenvalue weighted by Gasteiger charge is 2.01. The van der Waals surface area contributed by atoms with Gasteiger partial charge in [-0.2, -0.15) is 0 Å². The lowest BCUT2D eigenvalue weighted by molar-refractivity contribution is 0.913. The lowest BCUT2D eigenvalue weighted by atomic mass is 10.0. The molecule has 0 aliphatic carbocycles. The van der Waals surface area contributed by atoms with Gasteiger partial charge in [0.15, 0.2) is 0 Å². The average Bonchev–Trinajstić information content (AvgIpc) is 2.62. The second-order valence-electron chi connectivity index (χ2n) is 5.93. The molecule has 0 saturated heterocycles. The van der Waals surface area contributed by atoms with Crippen LogP contribution in [0.2, 0.25) is 0 Å². The van der Waals surface area contributed by atoms with Gasteiger partial charge in [-0.15, -0.1) is 0 Å². The summed E-state index contributed by atoms with van der Waals surface area (Å²) >= 11 is 0. The van der Waals surface area contributed by atoms with E-state index in [9.17, 15) is 0 Å². The maximum absolute atomic E-state index is 5.65. The largest absolute Gasteiger partial charge is 0.402 e. The average molecular weight is 315 g/mol. The molecule has 0 unspecified atom stereocenters. The van der Waals surface area contributed by atoms with Crippen LogP contribution in [-0.2, 0) is 19.3 Å². The fraction of sp³-hybridized carbons (Fsp3) is 0.143. The Kier molecular flexibility index (Phi) is 5.02. The van der Waals surface area contributed by atoms with Crippen molar-refractivity contribution in [3.8, 4) is 11.1 Å². The molecule has 0 atom stereocenters. The van der Waals surface area contributed by atoms with Crippen LogP contribution >= 0.6 is 0 Å². The van der Waals surface area contributed by atoms with Crippen LogP contribution in [0.25, 0.3) is 11.1 Å². The molecule has 3 nitrogen and oxygen atoms in total. The summed E-state index contributed by atoms with van der Waals surface area (Å²) in [4.78, 5) is 8.62. The normalized spacial score (nSPS) is 10.5. The summed E-state index contributed by atoms with van der Waals surface area (Å²) in [5, 5.41) is 0. The second kappa shape index (κ2) is 7.55. The molecule has 1 aromatic carbocycles. The van der Waals surface area contributed by atoms with Crippen LogP contribution in [0.3, 0.4) is 0 Å². The molecule has 2 heterocycles. The molecule has 2 N–H and O–H groups in total. The molecule has 3 heteroatoms. The van der Waals surface area contributed by atoms with Crippen molar-refractivity contribution in [2.75, 3.05) is 0 Å². The predicted octanol–water partition coefficient (Wildman–Crippen LogP) is 3.94. The molecule has 3 aromatic rings. The van der Waals surface area contributed by atoms with Gasteiger partial charge < -0.3 is 5.73 Å². The van der Waals surface area contributed by atoms with Crippen molar-refractivity contribution in [3.63, 3.8) is 0 Å². The summed E-state index contributed by atoms with van der Waals surface area (Å²) < 4.78 is 0. The van der Waals surface area contributed by atoms with Gasteiger partial charge in [0.05, 0.1) is 0 Å². The van der Waals surface area contributed by atoms with Gasteiger partial charge in [0.1, 0.15) is 0 Å². The molecule has 0 fully saturated rings. The van der Waals surface area contributed by atoms with Crippen LogP contribution in [0.1, 0.15) is 16.8 Å². The molecule has 0 aliphatic rings. The Morgan fingerprint density at radius 3 is 2.17 bits per heavy atom. The zero-order chi connectivity index (χ0) is 16.8. The lowest BCUT2D eigenvalue weighted by Crippen LogP contribution is -1.99. The predicted molar refractivity (Wildman–Crippen MR) is 98.3 cm³/mol. The summed E-state index contributed by atoms with van der Waals surface area (Å²) in [5.41, 5.74) is 12.2. The minimum absolute atomic E-state index is 0.696. The number of pyridine rings is 2. The van der Waals surface area contributed by atoms with Crippen molar-refractivity contribution in [1.82, 2.24) is 9.97 Å². The molecule has 0 spiro atoms. The third-order valence-corrected chi connectivity index (χ3v) is 3.96. The molecule has 0 bridgehead atoms. The van der Waals surface area contributed by atoms with E-state index in [1.807, 2.05) is 18.3 Å². The number of aryl methyl sites for hydroxylation is 2. The molecule has 120 valence electrons. The molecule has 3 rings (SSSR count). The van der Waals surface area contributed by atoms with E-state index in [0.29, 0.717) is 5.70 Å². The number of nitrogens with two attached hydrogens (primary N) is 1. The van der Waals surface area contributed by atoms with E-state index in [2.05, 4.69) is 52.9 Å². The topological polar surface area (TPSA) is 51.8 Å². The monoisotopic (exact) mass is 315 g/mol. The minimum Gasteiger partial charge on any atom is -0.402 e. The quantitative estimate of drug-likeness (QED) is 0.749. The number of nitrogens with zero attached hydrogens (tertiary/aromatic N) is 2. The van der Waals surface area contributed by atoms with Crippen molar-refractivity contribution < 1.29 is 0 Å². The summed E-state index contributed by atoms with van der Waals surface area (Å²) in [6, 6.07) is 16.8. The van der Waals surface area contributed by atoms with Crippen molar-refractivity contribution in [2.24, 2.45) is 5.73 Å². The van der Waals surface area contributed by atoms with Gasteiger partial charge in [0.2, 0.25) is 0 Å². The van der Waals surface area contributed by atoms with Gasteiger partial charge in [-0.3, -0.25) is 9.97 Å². The second-order valence-corrected chi connectivity index (χ2v) is 5.93. The number of allylic oxidation sites excluding steroid dienone is 1. The van der Waals surface area contributed by atoms with E-state index in [0.717, 1.165) is 36.1 Å². The highest BCUT2D eigenvalue weighted by atomic mass is 14.7. The van der Waals surface area contributed by atoms with Gasteiger partial charge >= 0.3 is 0 Å². The van der Waals surface area contributed by atoms with Crippen LogP contribution in [-0.4, -0.2) is 9.97 Å². The Morgan fingerprint density at radius 2 is 1.54 bits per heavy atom. The van der Waals surface area contributed by atoms with Gasteiger partial charge in [0, 0.05) is 42.0 Å². The van der Waals surface area contributed by atoms with E-state index in [-0.39, 0.29) is 0 Å². The Morgan fingerprint density at radius 1 is 0.833 bits per heavy atom. The summed E-state index contributed by atoms with van der Waals surface area (Å²) in [5.74, 6) is 0. The Bertz CT molecular complexity index is 791. The minimum atomic E-state index is 0.696. The fourth-order valence-corrected chi connectivity index (χ4v) is 2.65. The SMILES string of the molecule is C=C(N)Cc1ccc(CCc2ccc(-c3ccncc3)cn2)cc1. The summed E-state index contributed by atoms with van der Waals surface area (Å²) in [7, 11) is 0. The van der Waals surface area contributed by atoms with Crippen LogP contribution in [0.5, 0.6) is 0 Å². The fourth-order valence-electron chi connectivity index (χ4n) is 2.65. The Labute approximate surface area is 142 Å². The molecule has 0 saturated carbocycles. The Hall–Kier alpha value is -2.94. The van der Waals surface area contributed by atoms with Gasteiger partial charge in [0.25, 0.3) is 0 Å². The first kappa shape index (κ1) is 15.9. The van der Waals surface area contributed by atoms with Gasteiger partial charge in [-0.05, 0) is 47.7 Å². The first-order valence-corrected chi connectivity index (χ1v) is 8.07. The summed E-state index contributed by atoms with van der Waals surface area (Å²) in [6.07, 6.45) is 8.17. The van der Waals surface area contributed by atoms with Gasteiger partial charge in [-0.25, -0.2) is 0 Å². The smallest absolute Gasteiger partial charge is 0.0407 e. The maximum Gasteiger partial charge on any atom is 0.0407 e. The number of benzene rings is 1. The van der Waals surface area contributed by atoms with E-state index < -0.39 is 0 Å². The van der Waals surface area contributed by atoms with Gasteiger partial charge in [-0.1, -0.05) is 36.9 Å². The third-order valence-electron chi connectivity index (χ3n) is 3.96. The first-order chi connectivity index (χ1) is 11.7. The van der Waals surface area contributed by atoms with Crippen LogP contribution < -0.4 is 5.73 Å². The van der Waals surface area contributed by atoms with Crippen molar-refractivity contribution in [2.45, 2.75) is 19.3 Å². The van der Waals surface area contributed by atoms with Crippen molar-refractivity contribution in [3.05, 3.63) is 96.2 Å². The van der Waals surface area contributed by atoms with E-state index in [1.165, 1.54) is 11.1 Å². The van der Waals surface area contributed by atoms with Crippen LogP contribution in [0.15, 0.2) is 79.4 Å². The Balaban J connectivity index is 1.59. The van der Waals surface area contributed by atoms with Crippen molar-refractivity contribution in [1.29, 1.82) is 0 Å². The molecule has 24 heavy (non-hydrogen) atoms. The number of aromatic nitrogens is 2. The van der Waals surface area contributed by atoms with Crippen LogP contribution in [0, 0.1) is 0 Å². The number of rotatable bonds is 6. The summed E-state index contributed by atoms with van der Waals surface area (Å²) in [6.45, 7) is 3.74. The molecule has 0 radical (unpaired) electrons. The standard InChI is InChI=1S/C21H21N3/c1-16(22)14-18-4-2-17(3-5-18)6-8-21-9-7-20(15-24-21)19-10-12-23-13-11-19/h2-5,7,9-13,15H,1,6,8,14,22H2. The van der Waals surface area contributed by atoms with Crippen LogP contribution in [0.4, 0.5) is 0 Å². The highest BCUT2D eigenvalue weighted by molar-refractivity contribution is 5.61. The first-order valence-electron chi connectivity index (χ1n) is 8.07. The van der Waals surface area contributed by atoms with E-state index in [4.69, 9.17) is 5.73 Å². The third kappa shape index (κ3) is 4.29. The van der Waals surface area contributed by atoms with E-state index in [1.54, 1.807) is 12.4 Å². The number of hydrogen-bond donors (Lipinski definition) is 1. The molecular formula is C21H21N3. The zero-order valence-corrected chi connectivity index (χ0v) is 13.7.